The van der Waals surface area contributed by atoms with Crippen LogP contribution in [0.2, 0.25) is 0 Å². The fraction of sp³-hybridized carbons (Fsp3) is 0.0714. The molecule has 0 bridgehead atoms. The molecule has 0 aliphatic carbocycles. The highest BCUT2D eigenvalue weighted by atomic mass is 16.3. The minimum atomic E-state index is -0.313. The number of aliphatic hydroxyl groups excluding tert-OH is 1. The first-order chi connectivity index (χ1) is 8.79. The zero-order valence-corrected chi connectivity index (χ0v) is 9.51. The first-order valence-electron chi connectivity index (χ1n) is 5.34. The van der Waals surface area contributed by atoms with Crippen molar-refractivity contribution in [2.45, 2.75) is 0 Å². The minimum Gasteiger partial charge on any atom is -0.459 e. The number of rotatable bonds is 2. The molecule has 2 rings (SSSR count). The van der Waals surface area contributed by atoms with Crippen LogP contribution in [0.25, 0.3) is 0 Å². The number of hydrogen-bond donors (Lipinski definition) is 2. The number of amides is 1. The molecule has 2 N–H and O–H groups in total. The second-order valence-electron chi connectivity index (χ2n) is 3.47. The first-order valence-corrected chi connectivity index (χ1v) is 5.34. The SMILES string of the molecule is O=C(Nc1cccc(C#CCO)c1)c1ccco1. The van der Waals surface area contributed by atoms with E-state index in [4.69, 9.17) is 9.52 Å². The van der Waals surface area contributed by atoms with Gasteiger partial charge in [0.25, 0.3) is 5.91 Å². The van der Waals surface area contributed by atoms with E-state index in [0.717, 1.165) is 5.56 Å². The van der Waals surface area contributed by atoms with Gasteiger partial charge in [-0.3, -0.25) is 4.79 Å². The predicted octanol–water partition coefficient (Wildman–Crippen LogP) is 1.88. The maximum Gasteiger partial charge on any atom is 0.291 e. The molecule has 4 heteroatoms. The number of anilines is 1. The van der Waals surface area contributed by atoms with Crippen molar-refractivity contribution in [2.24, 2.45) is 0 Å². The van der Waals surface area contributed by atoms with Crippen LogP contribution in [-0.2, 0) is 0 Å². The van der Waals surface area contributed by atoms with E-state index in [2.05, 4.69) is 17.2 Å². The van der Waals surface area contributed by atoms with Gasteiger partial charge in [0.2, 0.25) is 0 Å². The van der Waals surface area contributed by atoms with Gasteiger partial charge in [-0.05, 0) is 30.3 Å². The van der Waals surface area contributed by atoms with Crippen molar-refractivity contribution in [1.82, 2.24) is 0 Å². The van der Waals surface area contributed by atoms with E-state index in [1.807, 2.05) is 0 Å². The molecule has 0 aliphatic heterocycles. The lowest BCUT2D eigenvalue weighted by molar-refractivity contribution is 0.0996. The summed E-state index contributed by atoms with van der Waals surface area (Å²) in [6.07, 6.45) is 1.44. The fourth-order valence-corrected chi connectivity index (χ4v) is 1.42. The molecule has 0 atom stereocenters. The molecule has 0 spiro atoms. The summed E-state index contributed by atoms with van der Waals surface area (Å²) >= 11 is 0. The number of aliphatic hydroxyl groups is 1. The molecule has 0 fully saturated rings. The summed E-state index contributed by atoms with van der Waals surface area (Å²) in [5.41, 5.74) is 1.35. The Balaban J connectivity index is 2.12. The highest BCUT2D eigenvalue weighted by Crippen LogP contribution is 2.11. The van der Waals surface area contributed by atoms with Crippen LogP contribution < -0.4 is 5.32 Å². The van der Waals surface area contributed by atoms with Gasteiger partial charge in [0.15, 0.2) is 5.76 Å². The van der Waals surface area contributed by atoms with E-state index in [1.54, 1.807) is 36.4 Å². The van der Waals surface area contributed by atoms with Crippen molar-refractivity contribution in [3.8, 4) is 11.8 Å². The Labute approximate surface area is 104 Å². The van der Waals surface area contributed by atoms with Crippen molar-refractivity contribution in [2.75, 3.05) is 11.9 Å². The van der Waals surface area contributed by atoms with Crippen LogP contribution >= 0.6 is 0 Å². The second-order valence-corrected chi connectivity index (χ2v) is 3.47. The van der Waals surface area contributed by atoms with Crippen molar-refractivity contribution in [1.29, 1.82) is 0 Å². The van der Waals surface area contributed by atoms with E-state index < -0.39 is 0 Å². The molecule has 0 saturated carbocycles. The summed E-state index contributed by atoms with van der Waals surface area (Å²) in [7, 11) is 0. The Morgan fingerprint density at radius 2 is 2.22 bits per heavy atom. The second kappa shape index (κ2) is 5.71. The quantitative estimate of drug-likeness (QED) is 0.789. The number of nitrogens with one attached hydrogen (secondary N) is 1. The van der Waals surface area contributed by atoms with Gasteiger partial charge < -0.3 is 14.8 Å². The molecule has 0 aliphatic rings. The highest BCUT2D eigenvalue weighted by molar-refractivity contribution is 6.02. The van der Waals surface area contributed by atoms with E-state index in [0.29, 0.717) is 5.69 Å². The van der Waals surface area contributed by atoms with Gasteiger partial charge >= 0.3 is 0 Å². The molecule has 2 aromatic rings. The number of benzene rings is 1. The predicted molar refractivity (Wildman–Crippen MR) is 67.1 cm³/mol. The standard InChI is InChI=1S/C14H11NO3/c16-8-2-5-11-4-1-6-12(10-11)15-14(17)13-7-3-9-18-13/h1,3-4,6-7,9-10,16H,8H2,(H,15,17). The molecular weight excluding hydrogens is 230 g/mol. The molecule has 18 heavy (non-hydrogen) atoms. The first kappa shape index (κ1) is 12.0. The van der Waals surface area contributed by atoms with Crippen LogP contribution in [-0.4, -0.2) is 17.6 Å². The average Bonchev–Trinajstić information content (AvgIpc) is 2.91. The largest absolute Gasteiger partial charge is 0.459 e. The lowest BCUT2D eigenvalue weighted by Gasteiger charge is -2.03. The van der Waals surface area contributed by atoms with Crippen molar-refractivity contribution < 1.29 is 14.3 Å². The third-order valence-electron chi connectivity index (χ3n) is 2.18. The molecule has 0 radical (unpaired) electrons. The Hall–Kier alpha value is -2.51. The van der Waals surface area contributed by atoms with E-state index >= 15 is 0 Å². The summed E-state index contributed by atoms with van der Waals surface area (Å²) < 4.78 is 4.99. The van der Waals surface area contributed by atoms with Crippen molar-refractivity contribution >= 4 is 11.6 Å². The molecule has 1 heterocycles. The van der Waals surface area contributed by atoms with Gasteiger partial charge in [-0.2, -0.15) is 0 Å². The molecule has 0 saturated heterocycles. The van der Waals surface area contributed by atoms with Gasteiger partial charge in [-0.15, -0.1) is 0 Å². The van der Waals surface area contributed by atoms with Crippen LogP contribution in [0.3, 0.4) is 0 Å². The van der Waals surface area contributed by atoms with Gasteiger partial charge in [-0.1, -0.05) is 17.9 Å². The van der Waals surface area contributed by atoms with Gasteiger partial charge in [0.05, 0.1) is 6.26 Å². The highest BCUT2D eigenvalue weighted by Gasteiger charge is 2.08. The van der Waals surface area contributed by atoms with Crippen LogP contribution in [0.5, 0.6) is 0 Å². The third kappa shape index (κ3) is 3.00. The van der Waals surface area contributed by atoms with Gasteiger partial charge in [0, 0.05) is 11.3 Å². The van der Waals surface area contributed by atoms with Gasteiger partial charge in [0.1, 0.15) is 6.61 Å². The van der Waals surface area contributed by atoms with Crippen LogP contribution in [0.4, 0.5) is 5.69 Å². The zero-order valence-electron chi connectivity index (χ0n) is 9.51. The van der Waals surface area contributed by atoms with E-state index in [-0.39, 0.29) is 18.3 Å². The summed E-state index contributed by atoms with van der Waals surface area (Å²) in [5, 5.41) is 11.3. The molecule has 90 valence electrons. The van der Waals surface area contributed by atoms with Crippen LogP contribution in [0.1, 0.15) is 16.1 Å². The normalized spacial score (nSPS) is 9.39. The summed E-state index contributed by atoms with van der Waals surface area (Å²) in [6, 6.07) is 10.3. The monoisotopic (exact) mass is 241 g/mol. The number of carbonyl (C=O) groups excluding carboxylic acids is 1. The number of furan rings is 1. The Morgan fingerprint density at radius 1 is 1.33 bits per heavy atom. The smallest absolute Gasteiger partial charge is 0.291 e. The van der Waals surface area contributed by atoms with E-state index in [1.165, 1.54) is 6.26 Å². The maximum atomic E-state index is 11.7. The molecular formula is C14H11NO3. The Morgan fingerprint density at radius 3 is 2.94 bits per heavy atom. The zero-order chi connectivity index (χ0) is 12.8. The lowest BCUT2D eigenvalue weighted by atomic mass is 10.2. The minimum absolute atomic E-state index is 0.191. The summed E-state index contributed by atoms with van der Waals surface area (Å²) in [5.74, 6) is 5.25. The number of carbonyl (C=O) groups is 1. The van der Waals surface area contributed by atoms with Crippen molar-refractivity contribution in [3.63, 3.8) is 0 Å². The molecule has 4 nitrogen and oxygen atoms in total. The maximum absolute atomic E-state index is 11.7. The van der Waals surface area contributed by atoms with Crippen LogP contribution in [0.15, 0.2) is 47.1 Å². The molecule has 1 aromatic carbocycles. The molecule has 1 aromatic heterocycles. The molecule has 1 amide bonds. The number of hydrogen-bond acceptors (Lipinski definition) is 3. The Bertz CT molecular complexity index is 591. The van der Waals surface area contributed by atoms with Crippen molar-refractivity contribution in [3.05, 3.63) is 54.0 Å². The summed E-state index contributed by atoms with van der Waals surface area (Å²) in [6.45, 7) is -0.191. The third-order valence-corrected chi connectivity index (χ3v) is 2.18. The topological polar surface area (TPSA) is 62.5 Å². The summed E-state index contributed by atoms with van der Waals surface area (Å²) in [4.78, 5) is 11.7. The fourth-order valence-electron chi connectivity index (χ4n) is 1.42. The average molecular weight is 241 g/mol. The molecule has 0 unspecified atom stereocenters. The van der Waals surface area contributed by atoms with Crippen LogP contribution in [0, 0.1) is 11.8 Å². The Kier molecular flexibility index (Phi) is 3.79. The lowest BCUT2D eigenvalue weighted by Crippen LogP contribution is -2.10. The van der Waals surface area contributed by atoms with Gasteiger partial charge in [-0.25, -0.2) is 0 Å². The van der Waals surface area contributed by atoms with E-state index in [9.17, 15) is 4.79 Å².